The van der Waals surface area contributed by atoms with Gasteiger partial charge in [0.1, 0.15) is 23.9 Å². The number of ether oxygens (including phenoxy) is 1. The van der Waals surface area contributed by atoms with E-state index in [1.165, 1.54) is 0 Å². The second-order valence-corrected chi connectivity index (χ2v) is 4.07. The van der Waals surface area contributed by atoms with Crippen LogP contribution in [0.15, 0.2) is 53.5 Å². The van der Waals surface area contributed by atoms with Crippen LogP contribution in [0.2, 0.25) is 0 Å². The zero-order valence-corrected chi connectivity index (χ0v) is 9.76. The number of anilines is 2. The number of nitrogens with two attached hydrogens (primary N) is 1. The predicted molar refractivity (Wildman–Crippen MR) is 73.5 cm³/mol. The maximum atomic E-state index is 5.70. The summed E-state index contributed by atoms with van der Waals surface area (Å²) >= 11 is 0. The monoisotopic (exact) mass is 239 g/mol. The molecule has 0 aromatic heterocycles. The molecule has 4 heteroatoms. The van der Waals surface area contributed by atoms with E-state index in [1.54, 1.807) is 6.07 Å². The molecule has 2 aromatic carbocycles. The van der Waals surface area contributed by atoms with Gasteiger partial charge in [-0.2, -0.15) is 0 Å². The van der Waals surface area contributed by atoms with E-state index in [1.807, 2.05) is 42.5 Å². The van der Waals surface area contributed by atoms with Gasteiger partial charge in [0, 0.05) is 17.4 Å². The zero-order valence-electron chi connectivity index (χ0n) is 9.76. The number of aliphatic imine (C=N–C) groups is 1. The molecule has 4 nitrogen and oxygen atoms in total. The molecule has 1 aliphatic rings. The van der Waals surface area contributed by atoms with Crippen LogP contribution >= 0.6 is 0 Å². The third-order valence-corrected chi connectivity index (χ3v) is 2.67. The lowest BCUT2D eigenvalue weighted by molar-refractivity contribution is 0.372. The van der Waals surface area contributed by atoms with E-state index in [4.69, 9.17) is 10.5 Å². The Morgan fingerprint density at radius 1 is 1.11 bits per heavy atom. The predicted octanol–water partition coefficient (Wildman–Crippen LogP) is 2.80. The Bertz CT molecular complexity index is 593. The fourth-order valence-electron chi connectivity index (χ4n) is 1.81. The maximum Gasteiger partial charge on any atom is 0.147 e. The first-order valence-corrected chi connectivity index (χ1v) is 5.73. The molecule has 0 fully saturated rings. The zero-order chi connectivity index (χ0) is 12.4. The first-order valence-electron chi connectivity index (χ1n) is 5.73. The van der Waals surface area contributed by atoms with Crippen LogP contribution in [0, 0.1) is 0 Å². The highest BCUT2D eigenvalue weighted by Gasteiger charge is 2.13. The largest absolute Gasteiger partial charge is 0.483 e. The molecule has 0 bridgehead atoms. The van der Waals surface area contributed by atoms with E-state index in [0.29, 0.717) is 12.3 Å². The van der Waals surface area contributed by atoms with Gasteiger partial charge in [-0.3, -0.25) is 0 Å². The molecule has 1 aliphatic heterocycles. The van der Waals surface area contributed by atoms with Crippen LogP contribution in [0.25, 0.3) is 0 Å². The summed E-state index contributed by atoms with van der Waals surface area (Å²) in [5.74, 6) is 1.52. The summed E-state index contributed by atoms with van der Waals surface area (Å²) in [5.41, 5.74) is 8.18. The minimum Gasteiger partial charge on any atom is -0.483 e. The molecule has 0 saturated carbocycles. The molecule has 0 spiro atoms. The number of rotatable bonds is 1. The number of nitrogen functional groups attached to an aromatic ring is 1. The van der Waals surface area contributed by atoms with Gasteiger partial charge >= 0.3 is 0 Å². The summed E-state index contributed by atoms with van der Waals surface area (Å²) in [7, 11) is 0. The summed E-state index contributed by atoms with van der Waals surface area (Å²) in [4.78, 5) is 4.51. The molecule has 90 valence electrons. The fraction of sp³-hybridized carbons (Fsp3) is 0.0714. The van der Waals surface area contributed by atoms with Crippen molar-refractivity contribution < 1.29 is 4.74 Å². The van der Waals surface area contributed by atoms with Gasteiger partial charge in [0.2, 0.25) is 0 Å². The first kappa shape index (κ1) is 10.7. The molecule has 2 aromatic rings. The Balaban J connectivity index is 1.85. The van der Waals surface area contributed by atoms with Gasteiger partial charge in [0.15, 0.2) is 0 Å². The van der Waals surface area contributed by atoms with Gasteiger partial charge in [-0.1, -0.05) is 18.2 Å². The van der Waals surface area contributed by atoms with Gasteiger partial charge in [0.05, 0.1) is 0 Å². The van der Waals surface area contributed by atoms with Crippen molar-refractivity contribution in [3.8, 4) is 5.75 Å². The molecular weight excluding hydrogens is 226 g/mol. The highest BCUT2D eigenvalue weighted by molar-refractivity contribution is 5.99. The Morgan fingerprint density at radius 2 is 1.94 bits per heavy atom. The smallest absolute Gasteiger partial charge is 0.147 e. The number of nitrogens with one attached hydrogen (secondary N) is 1. The van der Waals surface area contributed by atoms with Crippen LogP contribution in [-0.2, 0) is 0 Å². The quantitative estimate of drug-likeness (QED) is 0.752. The summed E-state index contributed by atoms with van der Waals surface area (Å²) in [5, 5.41) is 3.23. The molecule has 3 N–H and O–H groups in total. The lowest BCUT2D eigenvalue weighted by atomic mass is 10.2. The number of amidine groups is 1. The second-order valence-electron chi connectivity index (χ2n) is 4.07. The number of para-hydroxylation sites is 1. The fourth-order valence-corrected chi connectivity index (χ4v) is 1.81. The van der Waals surface area contributed by atoms with Crippen molar-refractivity contribution in [2.45, 2.75) is 0 Å². The molecule has 3 rings (SSSR count). The SMILES string of the molecule is Nc1ccc2c(c1)OCC(Nc1ccccc1)=N2. The van der Waals surface area contributed by atoms with Crippen LogP contribution in [0.1, 0.15) is 0 Å². The van der Waals surface area contributed by atoms with Crippen molar-refractivity contribution >= 4 is 22.9 Å². The number of fused-ring (bicyclic) bond motifs is 1. The van der Waals surface area contributed by atoms with Crippen LogP contribution in [0.5, 0.6) is 5.75 Å². The van der Waals surface area contributed by atoms with Gasteiger partial charge in [0.25, 0.3) is 0 Å². The van der Waals surface area contributed by atoms with Crippen molar-refractivity contribution in [2.24, 2.45) is 4.99 Å². The highest BCUT2D eigenvalue weighted by Crippen LogP contribution is 2.32. The van der Waals surface area contributed by atoms with Gasteiger partial charge < -0.3 is 15.8 Å². The highest BCUT2D eigenvalue weighted by atomic mass is 16.5. The van der Waals surface area contributed by atoms with E-state index in [2.05, 4.69) is 10.3 Å². The van der Waals surface area contributed by atoms with Crippen molar-refractivity contribution in [1.29, 1.82) is 0 Å². The number of nitrogens with zero attached hydrogens (tertiary/aromatic N) is 1. The Kier molecular flexibility index (Phi) is 2.61. The maximum absolute atomic E-state index is 5.70. The number of benzene rings is 2. The second kappa shape index (κ2) is 4.41. The minimum absolute atomic E-state index is 0.422. The molecule has 0 saturated heterocycles. The number of hydrogen-bond acceptors (Lipinski definition) is 4. The van der Waals surface area contributed by atoms with E-state index in [9.17, 15) is 0 Å². The lowest BCUT2D eigenvalue weighted by Crippen LogP contribution is -2.23. The van der Waals surface area contributed by atoms with E-state index in [-0.39, 0.29) is 0 Å². The average Bonchev–Trinajstić information content (AvgIpc) is 2.40. The summed E-state index contributed by atoms with van der Waals surface area (Å²) < 4.78 is 5.62. The average molecular weight is 239 g/mol. The lowest BCUT2D eigenvalue weighted by Gasteiger charge is -2.18. The number of hydrogen-bond donors (Lipinski definition) is 2. The third kappa shape index (κ3) is 2.13. The third-order valence-electron chi connectivity index (χ3n) is 2.67. The Morgan fingerprint density at radius 3 is 2.78 bits per heavy atom. The van der Waals surface area contributed by atoms with Gasteiger partial charge in [-0.15, -0.1) is 0 Å². The summed E-state index contributed by atoms with van der Waals surface area (Å²) in [6.45, 7) is 0.422. The van der Waals surface area contributed by atoms with Crippen molar-refractivity contribution in [1.82, 2.24) is 0 Å². The Labute approximate surface area is 105 Å². The normalized spacial score (nSPS) is 13.2. The van der Waals surface area contributed by atoms with Crippen molar-refractivity contribution in [3.05, 3.63) is 48.5 Å². The Hall–Kier alpha value is -2.49. The molecule has 1 heterocycles. The van der Waals surface area contributed by atoms with Crippen LogP contribution < -0.4 is 15.8 Å². The summed E-state index contributed by atoms with van der Waals surface area (Å²) in [6.07, 6.45) is 0. The van der Waals surface area contributed by atoms with E-state index < -0.39 is 0 Å². The van der Waals surface area contributed by atoms with Gasteiger partial charge in [-0.25, -0.2) is 4.99 Å². The first-order chi connectivity index (χ1) is 8.81. The van der Waals surface area contributed by atoms with Crippen LogP contribution in [-0.4, -0.2) is 12.4 Å². The minimum atomic E-state index is 0.422. The molecule has 18 heavy (non-hydrogen) atoms. The van der Waals surface area contributed by atoms with E-state index in [0.717, 1.165) is 23.0 Å². The van der Waals surface area contributed by atoms with Crippen LogP contribution in [0.4, 0.5) is 17.1 Å². The summed E-state index contributed by atoms with van der Waals surface area (Å²) in [6, 6.07) is 15.4. The van der Waals surface area contributed by atoms with Crippen molar-refractivity contribution in [3.63, 3.8) is 0 Å². The van der Waals surface area contributed by atoms with Gasteiger partial charge in [-0.05, 0) is 24.3 Å². The molecule has 0 atom stereocenters. The molecule has 0 amide bonds. The molecule has 0 aliphatic carbocycles. The standard InChI is InChI=1S/C14H13N3O/c15-10-6-7-12-13(8-10)18-9-14(17-12)16-11-4-2-1-3-5-11/h1-8H,9,15H2,(H,16,17). The van der Waals surface area contributed by atoms with Crippen LogP contribution in [0.3, 0.4) is 0 Å². The molecule has 0 radical (unpaired) electrons. The van der Waals surface area contributed by atoms with E-state index >= 15 is 0 Å². The topological polar surface area (TPSA) is 59.6 Å². The molecule has 0 unspecified atom stereocenters. The van der Waals surface area contributed by atoms with Crippen molar-refractivity contribution in [2.75, 3.05) is 17.7 Å². The molecular formula is C14H13N3O.